The molecule has 6 fully saturated rings. The first-order valence-electron chi connectivity index (χ1n) is 16.6. The molecule has 0 radical (unpaired) electrons. The first-order valence-corrected chi connectivity index (χ1v) is 16.6. The standard InChI is InChI=1S/C31H52O.2C2H6/c1-21(2)31(20-32-31)14-8-9-23-13-15-28(7)25-11-10-24-26(4,5)22(3)12-16-29(24)19-30(25,29)18-17-27(23,28)6;2*1-2/h21-25H,8-20H2,1-7H3;2*1-2H3. The van der Waals surface area contributed by atoms with Gasteiger partial charge in [0.1, 0.15) is 0 Å². The van der Waals surface area contributed by atoms with Crippen LogP contribution in [0.3, 0.4) is 0 Å². The summed E-state index contributed by atoms with van der Waals surface area (Å²) in [6.07, 6.45) is 18.0. The molecule has 9 atom stereocenters. The van der Waals surface area contributed by atoms with Gasteiger partial charge in [-0.05, 0) is 127 Å². The summed E-state index contributed by atoms with van der Waals surface area (Å²) < 4.78 is 5.94. The normalized spacial score (nSPS) is 51.3. The van der Waals surface area contributed by atoms with E-state index in [9.17, 15) is 0 Å². The molecule has 1 aliphatic heterocycles. The molecule has 36 heavy (non-hydrogen) atoms. The van der Waals surface area contributed by atoms with E-state index in [0.29, 0.717) is 22.2 Å². The summed E-state index contributed by atoms with van der Waals surface area (Å²) in [7, 11) is 0. The zero-order chi connectivity index (χ0) is 26.8. The van der Waals surface area contributed by atoms with Crippen LogP contribution in [0.1, 0.15) is 153 Å². The van der Waals surface area contributed by atoms with E-state index in [1.807, 2.05) is 27.7 Å². The Bertz CT molecular complexity index is 778. The quantitative estimate of drug-likeness (QED) is 0.342. The van der Waals surface area contributed by atoms with E-state index >= 15 is 0 Å². The molecule has 5 saturated carbocycles. The van der Waals surface area contributed by atoms with E-state index < -0.39 is 0 Å². The van der Waals surface area contributed by atoms with Gasteiger partial charge in [0.15, 0.2) is 0 Å². The predicted molar refractivity (Wildman–Crippen MR) is 156 cm³/mol. The van der Waals surface area contributed by atoms with Crippen molar-refractivity contribution in [2.75, 3.05) is 6.61 Å². The summed E-state index contributed by atoms with van der Waals surface area (Å²) in [6, 6.07) is 0. The summed E-state index contributed by atoms with van der Waals surface area (Å²) in [4.78, 5) is 0. The van der Waals surface area contributed by atoms with Crippen LogP contribution in [-0.4, -0.2) is 12.2 Å². The second-order valence-corrected chi connectivity index (χ2v) is 15.4. The van der Waals surface area contributed by atoms with Crippen LogP contribution in [0.4, 0.5) is 0 Å². The number of ether oxygens (including phenoxy) is 1. The maximum atomic E-state index is 5.94. The van der Waals surface area contributed by atoms with Gasteiger partial charge in [0.05, 0.1) is 12.2 Å². The van der Waals surface area contributed by atoms with Crippen molar-refractivity contribution < 1.29 is 4.74 Å². The molecule has 0 aromatic rings. The Hall–Kier alpha value is -0.0400. The van der Waals surface area contributed by atoms with Gasteiger partial charge in [0.2, 0.25) is 0 Å². The maximum Gasteiger partial charge on any atom is 0.0939 e. The molecule has 0 aromatic carbocycles. The summed E-state index contributed by atoms with van der Waals surface area (Å²) in [6.45, 7) is 27.1. The molecule has 5 aliphatic carbocycles. The van der Waals surface area contributed by atoms with Gasteiger partial charge in [-0.2, -0.15) is 0 Å². The average Bonchev–Trinajstić information content (AvgIpc) is 3.76. The maximum absolute atomic E-state index is 5.94. The monoisotopic (exact) mass is 500 g/mol. The van der Waals surface area contributed by atoms with Crippen molar-refractivity contribution in [3.8, 4) is 0 Å². The van der Waals surface area contributed by atoms with E-state index in [4.69, 9.17) is 4.74 Å². The third kappa shape index (κ3) is 3.69. The number of fused-ring (bicyclic) bond motifs is 2. The van der Waals surface area contributed by atoms with Crippen LogP contribution >= 0.6 is 0 Å². The minimum Gasteiger partial charge on any atom is -0.369 e. The molecule has 210 valence electrons. The zero-order valence-corrected chi connectivity index (χ0v) is 26.5. The molecule has 0 aromatic heterocycles. The Morgan fingerprint density at radius 1 is 0.750 bits per heavy atom. The van der Waals surface area contributed by atoms with Crippen LogP contribution in [0.15, 0.2) is 0 Å². The van der Waals surface area contributed by atoms with Crippen molar-refractivity contribution >= 4 is 0 Å². The van der Waals surface area contributed by atoms with Crippen molar-refractivity contribution in [1.29, 1.82) is 0 Å². The molecule has 1 saturated heterocycles. The molecule has 9 unspecified atom stereocenters. The lowest BCUT2D eigenvalue weighted by molar-refractivity contribution is -0.146. The number of epoxide rings is 1. The first kappa shape index (κ1) is 29.0. The van der Waals surface area contributed by atoms with E-state index in [-0.39, 0.29) is 5.60 Å². The SMILES string of the molecule is CC.CC.CC(C)C1(CCCC2CCC3(C)C4CCC5C(C)(C)C(C)CCC56CC46CCC23C)CO1. The predicted octanol–water partition coefficient (Wildman–Crippen LogP) is 10.7. The Morgan fingerprint density at radius 3 is 1.97 bits per heavy atom. The fourth-order valence-electron chi connectivity index (χ4n) is 11.6. The molecule has 6 rings (SSSR count). The first-order chi connectivity index (χ1) is 17.0. The van der Waals surface area contributed by atoms with Crippen LogP contribution in [-0.2, 0) is 4.74 Å². The highest BCUT2D eigenvalue weighted by atomic mass is 16.6. The largest absolute Gasteiger partial charge is 0.369 e. The zero-order valence-electron chi connectivity index (χ0n) is 26.5. The van der Waals surface area contributed by atoms with E-state index in [1.165, 1.54) is 51.4 Å². The third-order valence-corrected chi connectivity index (χ3v) is 14.6. The molecule has 0 N–H and O–H groups in total. The van der Waals surface area contributed by atoms with Gasteiger partial charge in [-0.25, -0.2) is 0 Å². The highest BCUT2D eigenvalue weighted by molar-refractivity contribution is 5.30. The smallest absolute Gasteiger partial charge is 0.0939 e. The van der Waals surface area contributed by atoms with Gasteiger partial charge in [-0.1, -0.05) is 82.6 Å². The van der Waals surface area contributed by atoms with E-state index in [1.54, 1.807) is 25.7 Å². The van der Waals surface area contributed by atoms with Crippen LogP contribution in [0.25, 0.3) is 0 Å². The number of rotatable bonds is 5. The fourth-order valence-corrected chi connectivity index (χ4v) is 11.6. The van der Waals surface area contributed by atoms with E-state index in [0.717, 1.165) is 41.1 Å². The van der Waals surface area contributed by atoms with Crippen LogP contribution in [0.2, 0.25) is 0 Å². The lowest BCUT2D eigenvalue weighted by Crippen LogP contribution is -2.56. The summed E-state index contributed by atoms with van der Waals surface area (Å²) in [5.41, 5.74) is 3.48. The van der Waals surface area contributed by atoms with Gasteiger partial charge in [-0.15, -0.1) is 0 Å². The second-order valence-electron chi connectivity index (χ2n) is 15.4. The average molecular weight is 501 g/mol. The van der Waals surface area contributed by atoms with Gasteiger partial charge in [-0.3, -0.25) is 0 Å². The van der Waals surface area contributed by atoms with Gasteiger partial charge >= 0.3 is 0 Å². The Labute approximate surface area is 226 Å². The van der Waals surface area contributed by atoms with Crippen molar-refractivity contribution in [1.82, 2.24) is 0 Å². The lowest BCUT2D eigenvalue weighted by Gasteiger charge is -2.63. The van der Waals surface area contributed by atoms with Gasteiger partial charge in [0, 0.05) is 0 Å². The van der Waals surface area contributed by atoms with E-state index in [2.05, 4.69) is 48.5 Å². The van der Waals surface area contributed by atoms with Crippen molar-refractivity contribution in [2.24, 2.45) is 56.7 Å². The minimum atomic E-state index is 0.253. The topological polar surface area (TPSA) is 12.5 Å². The van der Waals surface area contributed by atoms with Crippen LogP contribution in [0, 0.1) is 56.7 Å². The number of hydrogen-bond donors (Lipinski definition) is 0. The Kier molecular flexibility index (Phi) is 7.68. The number of hydrogen-bond acceptors (Lipinski definition) is 1. The van der Waals surface area contributed by atoms with Crippen molar-refractivity contribution in [3.63, 3.8) is 0 Å². The fraction of sp³-hybridized carbons (Fsp3) is 1.00. The lowest BCUT2D eigenvalue weighted by atomic mass is 9.41. The van der Waals surface area contributed by atoms with Crippen LogP contribution in [0.5, 0.6) is 0 Å². The highest BCUT2D eigenvalue weighted by Gasteiger charge is 2.81. The Balaban J connectivity index is 0.000000726. The highest BCUT2D eigenvalue weighted by Crippen LogP contribution is 2.89. The Morgan fingerprint density at radius 2 is 1.36 bits per heavy atom. The molecular formula is C35H64O. The molecule has 0 bridgehead atoms. The minimum absolute atomic E-state index is 0.253. The molecule has 0 amide bonds. The summed E-state index contributed by atoms with van der Waals surface area (Å²) >= 11 is 0. The van der Waals surface area contributed by atoms with Crippen LogP contribution < -0.4 is 0 Å². The van der Waals surface area contributed by atoms with Crippen molar-refractivity contribution in [2.45, 2.75) is 159 Å². The second kappa shape index (κ2) is 9.55. The molecular weight excluding hydrogens is 436 g/mol. The molecule has 6 aliphatic rings. The van der Waals surface area contributed by atoms with Gasteiger partial charge in [0.25, 0.3) is 0 Å². The van der Waals surface area contributed by atoms with Crippen molar-refractivity contribution in [3.05, 3.63) is 0 Å². The summed E-state index contributed by atoms with van der Waals surface area (Å²) in [5, 5.41) is 0. The third-order valence-electron chi connectivity index (χ3n) is 14.6. The summed E-state index contributed by atoms with van der Waals surface area (Å²) in [5.74, 6) is 4.59. The molecule has 1 heterocycles. The molecule has 1 nitrogen and oxygen atoms in total. The van der Waals surface area contributed by atoms with Gasteiger partial charge < -0.3 is 4.74 Å². The molecule has 1 heteroatoms. The molecule has 2 spiro atoms.